The molecule has 0 saturated carbocycles. The van der Waals surface area contributed by atoms with Crippen LogP contribution in [0, 0.1) is 11.6 Å². The Morgan fingerprint density at radius 2 is 1.78 bits per heavy atom. The first-order chi connectivity index (χ1) is 17.4. The fourth-order valence-corrected chi connectivity index (χ4v) is 4.23. The van der Waals surface area contributed by atoms with Gasteiger partial charge in [-0.3, -0.25) is 4.79 Å². The minimum Gasteiger partial charge on any atom is -0.456 e. The van der Waals surface area contributed by atoms with Gasteiger partial charge in [0.15, 0.2) is 11.9 Å². The summed E-state index contributed by atoms with van der Waals surface area (Å²) >= 11 is 0. The van der Waals surface area contributed by atoms with E-state index in [-0.39, 0.29) is 41.7 Å². The number of benzene rings is 3. The van der Waals surface area contributed by atoms with E-state index in [0.717, 1.165) is 17.2 Å². The first-order valence-electron chi connectivity index (χ1n) is 11.3. The molecule has 0 radical (unpaired) electrons. The summed E-state index contributed by atoms with van der Waals surface area (Å²) in [5, 5.41) is 21.9. The number of imidazole rings is 1. The van der Waals surface area contributed by atoms with Gasteiger partial charge in [-0.05, 0) is 28.8 Å². The molecular weight excluding hydrogens is 472 g/mol. The van der Waals surface area contributed by atoms with E-state index in [4.69, 9.17) is 9.47 Å². The van der Waals surface area contributed by atoms with Crippen molar-refractivity contribution in [1.82, 2.24) is 15.3 Å². The molecule has 3 atom stereocenters. The van der Waals surface area contributed by atoms with E-state index in [1.807, 2.05) is 0 Å². The van der Waals surface area contributed by atoms with Gasteiger partial charge in [0.1, 0.15) is 23.5 Å². The van der Waals surface area contributed by atoms with E-state index in [0.29, 0.717) is 11.1 Å². The lowest BCUT2D eigenvalue weighted by Gasteiger charge is -2.15. The van der Waals surface area contributed by atoms with Crippen LogP contribution >= 0.6 is 0 Å². The van der Waals surface area contributed by atoms with Crippen molar-refractivity contribution < 1.29 is 33.3 Å². The molecule has 1 aliphatic rings. The number of hydrogen-bond donors (Lipinski definition) is 4. The lowest BCUT2D eigenvalue weighted by molar-refractivity contribution is -0.00390. The van der Waals surface area contributed by atoms with Crippen LogP contribution in [0.15, 0.2) is 54.6 Å². The summed E-state index contributed by atoms with van der Waals surface area (Å²) in [6, 6.07) is 14.7. The van der Waals surface area contributed by atoms with E-state index in [9.17, 15) is 19.4 Å². The monoisotopic (exact) mass is 495 g/mol. The van der Waals surface area contributed by atoms with Crippen molar-refractivity contribution in [2.75, 3.05) is 20.3 Å². The number of carbonyl (C=O) groups excluding carboxylic acids is 1. The smallest absolute Gasteiger partial charge is 0.295 e. The zero-order valence-electron chi connectivity index (χ0n) is 19.2. The van der Waals surface area contributed by atoms with Gasteiger partial charge < -0.3 is 30.0 Å². The van der Waals surface area contributed by atoms with Gasteiger partial charge in [-0.2, -0.15) is 4.98 Å². The lowest BCUT2D eigenvalue weighted by Crippen LogP contribution is -2.36. The van der Waals surface area contributed by atoms with Crippen LogP contribution in [0.4, 0.5) is 8.78 Å². The van der Waals surface area contributed by atoms with Crippen molar-refractivity contribution in [3.8, 4) is 28.3 Å². The summed E-state index contributed by atoms with van der Waals surface area (Å²) < 4.78 is 41.2. The Kier molecular flexibility index (Phi) is 6.40. The van der Waals surface area contributed by atoms with Crippen molar-refractivity contribution in [2.24, 2.45) is 0 Å². The summed E-state index contributed by atoms with van der Waals surface area (Å²) in [7, 11) is 1.56. The van der Waals surface area contributed by atoms with E-state index in [1.165, 1.54) is 0 Å². The highest BCUT2D eigenvalue weighted by atomic mass is 19.1. The number of ether oxygens (including phenoxy) is 2. The minimum atomic E-state index is -1.08. The van der Waals surface area contributed by atoms with Crippen LogP contribution in [-0.4, -0.2) is 64.7 Å². The van der Waals surface area contributed by atoms with Gasteiger partial charge in [-0.15, -0.1) is 0 Å². The molecule has 8 nitrogen and oxygen atoms in total. The maximum Gasteiger partial charge on any atom is 0.295 e. The number of nitrogens with one attached hydrogen (secondary N) is 2. The molecule has 1 aliphatic heterocycles. The maximum absolute atomic E-state index is 15.4. The summed E-state index contributed by atoms with van der Waals surface area (Å²) in [6.45, 7) is -0.350. The Labute approximate surface area is 204 Å². The molecule has 0 spiro atoms. The second-order valence-corrected chi connectivity index (χ2v) is 8.42. The molecular formula is C26H23F2N3O5. The number of H-pyrrole nitrogens is 1. The predicted molar refractivity (Wildman–Crippen MR) is 128 cm³/mol. The van der Waals surface area contributed by atoms with Crippen LogP contribution in [0.5, 0.6) is 6.01 Å². The highest BCUT2D eigenvalue weighted by Gasteiger charge is 2.37. The van der Waals surface area contributed by atoms with Crippen LogP contribution in [0.1, 0.15) is 10.4 Å². The molecule has 0 aliphatic carbocycles. The molecule has 10 heteroatoms. The van der Waals surface area contributed by atoms with E-state index < -0.39 is 29.9 Å². The highest BCUT2D eigenvalue weighted by Crippen LogP contribution is 2.34. The molecule has 5 rings (SSSR count). The molecule has 1 saturated heterocycles. The number of fused-ring (bicyclic) bond motifs is 1. The molecule has 1 aromatic heterocycles. The fourth-order valence-electron chi connectivity index (χ4n) is 4.23. The van der Waals surface area contributed by atoms with Crippen molar-refractivity contribution >= 4 is 16.9 Å². The molecule has 0 bridgehead atoms. The summed E-state index contributed by atoms with van der Waals surface area (Å²) in [5.74, 6) is -1.81. The normalized spacial score (nSPS) is 19.5. The number of rotatable bonds is 6. The van der Waals surface area contributed by atoms with E-state index >= 15 is 4.39 Å². The number of amides is 1. The van der Waals surface area contributed by atoms with Gasteiger partial charge in [0.25, 0.3) is 11.9 Å². The molecule has 2 heterocycles. The van der Waals surface area contributed by atoms with Crippen molar-refractivity contribution in [1.29, 1.82) is 0 Å². The zero-order valence-corrected chi connectivity index (χ0v) is 19.2. The largest absolute Gasteiger partial charge is 0.456 e. The van der Waals surface area contributed by atoms with Gasteiger partial charge in [0.2, 0.25) is 0 Å². The minimum absolute atomic E-state index is 0.0202. The molecule has 4 N–H and O–H groups in total. The molecule has 36 heavy (non-hydrogen) atoms. The van der Waals surface area contributed by atoms with E-state index in [1.54, 1.807) is 55.6 Å². The second-order valence-electron chi connectivity index (χ2n) is 8.42. The highest BCUT2D eigenvalue weighted by molar-refractivity contribution is 5.94. The van der Waals surface area contributed by atoms with Crippen LogP contribution in [0.3, 0.4) is 0 Å². The Balaban J connectivity index is 1.41. The average molecular weight is 495 g/mol. The first kappa shape index (κ1) is 23.9. The third-order valence-corrected chi connectivity index (χ3v) is 6.21. The number of aliphatic hydroxyl groups is 2. The number of aliphatic hydroxyl groups excluding tert-OH is 2. The van der Waals surface area contributed by atoms with Crippen LogP contribution in [-0.2, 0) is 4.74 Å². The second kappa shape index (κ2) is 9.65. The molecule has 1 amide bonds. The van der Waals surface area contributed by atoms with E-state index in [2.05, 4.69) is 15.3 Å². The van der Waals surface area contributed by atoms with Gasteiger partial charge in [-0.25, -0.2) is 8.78 Å². The molecule has 186 valence electrons. The summed E-state index contributed by atoms with van der Waals surface area (Å²) in [6.07, 6.45) is -2.68. The number of aromatic amines is 1. The standard InChI is InChI=1S/C26H23F2N3O5/c1-29-25(34)16-8-4-14(5-9-16)13-2-6-15(7-3-13)21-17(27)10-18-23(22(21)28)31-26(30-18)36-20-12-35-19(11-32)24(20)33/h2-10,19-20,24,32-33H,11-12H2,1H3,(H,29,34)(H,30,31)/t19-,20?,24?/m1/s1. The Morgan fingerprint density at radius 3 is 2.39 bits per heavy atom. The van der Waals surface area contributed by atoms with Crippen LogP contribution < -0.4 is 10.1 Å². The summed E-state index contributed by atoms with van der Waals surface area (Å²) in [5.41, 5.74) is 2.28. The number of halogens is 2. The zero-order chi connectivity index (χ0) is 25.4. The van der Waals surface area contributed by atoms with Gasteiger partial charge in [0.05, 0.1) is 24.3 Å². The van der Waals surface area contributed by atoms with Gasteiger partial charge in [0, 0.05) is 18.7 Å². The molecule has 1 fully saturated rings. The summed E-state index contributed by atoms with van der Waals surface area (Å²) in [4.78, 5) is 18.5. The molecule has 3 aromatic carbocycles. The number of aromatic nitrogens is 2. The van der Waals surface area contributed by atoms with Crippen LogP contribution in [0.25, 0.3) is 33.3 Å². The third kappa shape index (κ3) is 4.30. The Bertz CT molecular complexity index is 1410. The van der Waals surface area contributed by atoms with Crippen LogP contribution in [0.2, 0.25) is 0 Å². The third-order valence-electron chi connectivity index (χ3n) is 6.21. The SMILES string of the molecule is CNC(=O)c1ccc(-c2ccc(-c3c(F)cc4[nH]c(OC5CO[C@H](CO)C5O)nc4c3F)cc2)cc1. The number of nitrogens with zero attached hydrogens (tertiary/aromatic N) is 1. The lowest BCUT2D eigenvalue weighted by atomic mass is 9.98. The quantitative estimate of drug-likeness (QED) is 0.327. The Hall–Kier alpha value is -3.86. The van der Waals surface area contributed by atoms with Crippen molar-refractivity contribution in [2.45, 2.75) is 18.3 Å². The number of carbonyl (C=O) groups is 1. The van der Waals surface area contributed by atoms with Gasteiger partial charge in [-0.1, -0.05) is 36.4 Å². The first-order valence-corrected chi connectivity index (χ1v) is 11.3. The molecule has 4 aromatic rings. The van der Waals surface area contributed by atoms with Crippen molar-refractivity contribution in [3.05, 3.63) is 71.8 Å². The number of hydrogen-bond acceptors (Lipinski definition) is 6. The van der Waals surface area contributed by atoms with Crippen molar-refractivity contribution in [3.63, 3.8) is 0 Å². The predicted octanol–water partition coefficient (Wildman–Crippen LogP) is 3.03. The fraction of sp³-hybridized carbons (Fsp3) is 0.231. The topological polar surface area (TPSA) is 117 Å². The van der Waals surface area contributed by atoms with Gasteiger partial charge >= 0.3 is 0 Å². The Morgan fingerprint density at radius 1 is 1.14 bits per heavy atom. The molecule has 2 unspecified atom stereocenters. The maximum atomic E-state index is 15.4. The average Bonchev–Trinajstić information content (AvgIpc) is 3.46.